The first-order chi connectivity index (χ1) is 10.7. The average molecular weight is 299 g/mol. The Kier molecular flexibility index (Phi) is 3.78. The first-order valence-electron chi connectivity index (χ1n) is 10.00. The van der Waals surface area contributed by atoms with Crippen LogP contribution in [0.3, 0.4) is 0 Å². The summed E-state index contributed by atoms with van der Waals surface area (Å²) in [6.45, 7) is 6.63. The molecular formula is C22H34. The normalized spacial score (nSPS) is 47.1. The summed E-state index contributed by atoms with van der Waals surface area (Å²) in [6.07, 6.45) is 22.4. The van der Waals surface area contributed by atoms with Crippen LogP contribution in [0.5, 0.6) is 0 Å². The van der Waals surface area contributed by atoms with Gasteiger partial charge in [-0.2, -0.15) is 0 Å². The third-order valence-corrected chi connectivity index (χ3v) is 8.39. The monoisotopic (exact) mass is 298 g/mol. The summed E-state index contributed by atoms with van der Waals surface area (Å²) >= 11 is 0. The Balaban J connectivity index is 1.63. The molecule has 4 aliphatic rings. The first-order valence-corrected chi connectivity index (χ1v) is 10.00. The number of hydrogen-bond donors (Lipinski definition) is 0. The molecule has 4 aliphatic carbocycles. The van der Waals surface area contributed by atoms with Crippen LogP contribution < -0.4 is 0 Å². The first kappa shape index (κ1) is 15.0. The van der Waals surface area contributed by atoms with Gasteiger partial charge < -0.3 is 0 Å². The molecule has 3 fully saturated rings. The van der Waals surface area contributed by atoms with Crippen molar-refractivity contribution in [3.8, 4) is 0 Å². The molecule has 0 aliphatic heterocycles. The molecule has 0 unspecified atom stereocenters. The smallest absolute Gasteiger partial charge is 0.00853 e. The van der Waals surface area contributed by atoms with Crippen LogP contribution in [-0.2, 0) is 0 Å². The molecule has 0 bridgehead atoms. The highest BCUT2D eigenvalue weighted by Gasteiger charge is 2.56. The standard InChI is InChI=1S/C22H34/c1-3-4-14-22-15-7-9-20(22)18-11-10-17-8-5-6-13-21(17,2)19(18)12-16-22/h3,10,18-20H,1,4-9,11-16H2,2H3/t18-,19+,20+,21+,22+/m1/s1. The summed E-state index contributed by atoms with van der Waals surface area (Å²) < 4.78 is 0. The van der Waals surface area contributed by atoms with E-state index in [4.69, 9.17) is 0 Å². The van der Waals surface area contributed by atoms with Crippen molar-refractivity contribution in [3.05, 3.63) is 24.3 Å². The topological polar surface area (TPSA) is 0 Å². The van der Waals surface area contributed by atoms with Crippen LogP contribution in [0.2, 0.25) is 0 Å². The van der Waals surface area contributed by atoms with E-state index in [0.29, 0.717) is 10.8 Å². The Labute approximate surface area is 137 Å². The maximum absolute atomic E-state index is 3.99. The second-order valence-corrected chi connectivity index (χ2v) is 9.09. The molecule has 0 heteroatoms. The Morgan fingerprint density at radius 3 is 2.91 bits per heavy atom. The minimum Gasteiger partial charge on any atom is -0.103 e. The lowest BCUT2D eigenvalue weighted by Gasteiger charge is -2.57. The number of fused-ring (bicyclic) bond motifs is 5. The fourth-order valence-corrected chi connectivity index (χ4v) is 7.32. The Bertz CT molecular complexity index is 472. The second kappa shape index (κ2) is 5.53. The summed E-state index contributed by atoms with van der Waals surface area (Å²) in [6, 6.07) is 0. The Morgan fingerprint density at radius 1 is 1.14 bits per heavy atom. The van der Waals surface area contributed by atoms with Gasteiger partial charge in [0.05, 0.1) is 0 Å². The predicted octanol–water partition coefficient (Wildman–Crippen LogP) is 6.68. The van der Waals surface area contributed by atoms with Crippen molar-refractivity contribution in [2.75, 3.05) is 0 Å². The van der Waals surface area contributed by atoms with E-state index >= 15 is 0 Å². The molecule has 0 amide bonds. The highest BCUT2D eigenvalue weighted by molar-refractivity contribution is 5.24. The lowest BCUT2D eigenvalue weighted by Crippen LogP contribution is -2.48. The Morgan fingerprint density at radius 2 is 2.05 bits per heavy atom. The van der Waals surface area contributed by atoms with Crippen molar-refractivity contribution in [2.24, 2.45) is 28.6 Å². The van der Waals surface area contributed by atoms with Gasteiger partial charge in [0.1, 0.15) is 0 Å². The molecule has 5 atom stereocenters. The van der Waals surface area contributed by atoms with E-state index in [1.165, 1.54) is 77.0 Å². The van der Waals surface area contributed by atoms with Crippen LogP contribution in [0.4, 0.5) is 0 Å². The minimum absolute atomic E-state index is 0.578. The summed E-state index contributed by atoms with van der Waals surface area (Å²) in [5.74, 6) is 3.04. The van der Waals surface area contributed by atoms with E-state index in [1.54, 1.807) is 0 Å². The van der Waals surface area contributed by atoms with Crippen LogP contribution >= 0.6 is 0 Å². The van der Waals surface area contributed by atoms with E-state index in [-0.39, 0.29) is 0 Å². The van der Waals surface area contributed by atoms with E-state index in [2.05, 4.69) is 25.7 Å². The molecule has 22 heavy (non-hydrogen) atoms. The fraction of sp³-hybridized carbons (Fsp3) is 0.818. The summed E-state index contributed by atoms with van der Waals surface area (Å²) in [7, 11) is 0. The fourth-order valence-electron chi connectivity index (χ4n) is 7.32. The van der Waals surface area contributed by atoms with Crippen LogP contribution in [0.1, 0.15) is 84.0 Å². The van der Waals surface area contributed by atoms with Gasteiger partial charge in [0, 0.05) is 0 Å². The van der Waals surface area contributed by atoms with Crippen molar-refractivity contribution in [3.63, 3.8) is 0 Å². The largest absolute Gasteiger partial charge is 0.103 e. The SMILES string of the molecule is C=CCC[C@@]12CCC[C@H]1[C@@H]1CC=C3CCCC[C@]3(C)[C@H]1CC2. The number of hydrogen-bond acceptors (Lipinski definition) is 0. The molecule has 0 radical (unpaired) electrons. The molecule has 122 valence electrons. The summed E-state index contributed by atoms with van der Waals surface area (Å²) in [5.41, 5.74) is 3.14. The average Bonchev–Trinajstić information content (AvgIpc) is 2.96. The molecule has 3 saturated carbocycles. The molecule has 0 heterocycles. The molecule has 0 aromatic carbocycles. The van der Waals surface area contributed by atoms with Crippen LogP contribution in [0, 0.1) is 28.6 Å². The third kappa shape index (κ3) is 2.09. The number of rotatable bonds is 3. The maximum atomic E-state index is 3.99. The van der Waals surface area contributed by atoms with Gasteiger partial charge in [-0.15, -0.1) is 6.58 Å². The molecule has 4 rings (SSSR count). The van der Waals surface area contributed by atoms with Crippen molar-refractivity contribution in [1.29, 1.82) is 0 Å². The Hall–Kier alpha value is -0.520. The van der Waals surface area contributed by atoms with Crippen molar-refractivity contribution >= 4 is 0 Å². The van der Waals surface area contributed by atoms with Gasteiger partial charge in [0.2, 0.25) is 0 Å². The lowest BCUT2D eigenvalue weighted by molar-refractivity contribution is -0.0366. The molecule has 0 aromatic heterocycles. The third-order valence-electron chi connectivity index (χ3n) is 8.39. The molecular weight excluding hydrogens is 264 g/mol. The zero-order valence-corrected chi connectivity index (χ0v) is 14.6. The van der Waals surface area contributed by atoms with E-state index < -0.39 is 0 Å². The van der Waals surface area contributed by atoms with Crippen molar-refractivity contribution in [1.82, 2.24) is 0 Å². The van der Waals surface area contributed by atoms with Crippen LogP contribution in [0.15, 0.2) is 24.3 Å². The highest BCUT2D eigenvalue weighted by atomic mass is 14.6. The van der Waals surface area contributed by atoms with E-state index in [0.717, 1.165) is 17.8 Å². The maximum Gasteiger partial charge on any atom is -0.00853 e. The zero-order chi connectivity index (χ0) is 15.2. The van der Waals surface area contributed by atoms with Gasteiger partial charge in [0.25, 0.3) is 0 Å². The van der Waals surface area contributed by atoms with Gasteiger partial charge >= 0.3 is 0 Å². The van der Waals surface area contributed by atoms with E-state index in [1.807, 2.05) is 5.57 Å². The van der Waals surface area contributed by atoms with Crippen molar-refractivity contribution in [2.45, 2.75) is 84.0 Å². The predicted molar refractivity (Wildman–Crippen MR) is 94.7 cm³/mol. The van der Waals surface area contributed by atoms with Crippen LogP contribution in [0.25, 0.3) is 0 Å². The molecule has 0 spiro atoms. The van der Waals surface area contributed by atoms with Gasteiger partial charge in [-0.3, -0.25) is 0 Å². The van der Waals surface area contributed by atoms with Crippen LogP contribution in [-0.4, -0.2) is 0 Å². The highest BCUT2D eigenvalue weighted by Crippen LogP contribution is 2.66. The summed E-state index contributed by atoms with van der Waals surface area (Å²) in [4.78, 5) is 0. The van der Waals surface area contributed by atoms with Crippen molar-refractivity contribution < 1.29 is 0 Å². The molecule has 0 aromatic rings. The zero-order valence-electron chi connectivity index (χ0n) is 14.6. The van der Waals surface area contributed by atoms with Gasteiger partial charge in [0.15, 0.2) is 0 Å². The van der Waals surface area contributed by atoms with Gasteiger partial charge in [-0.05, 0) is 92.8 Å². The van der Waals surface area contributed by atoms with E-state index in [9.17, 15) is 0 Å². The minimum atomic E-state index is 0.578. The molecule has 0 saturated heterocycles. The summed E-state index contributed by atoms with van der Waals surface area (Å²) in [5, 5.41) is 0. The van der Waals surface area contributed by atoms with Gasteiger partial charge in [-0.25, -0.2) is 0 Å². The quantitative estimate of drug-likeness (QED) is 0.510. The molecule has 0 N–H and O–H groups in total. The van der Waals surface area contributed by atoms with Gasteiger partial charge in [-0.1, -0.05) is 37.5 Å². The lowest BCUT2D eigenvalue weighted by atomic mass is 9.47. The molecule has 0 nitrogen and oxygen atoms in total. The second-order valence-electron chi connectivity index (χ2n) is 9.09. The number of allylic oxidation sites excluding steroid dienone is 3.